The monoisotopic (exact) mass is 362 g/mol. The van der Waals surface area contributed by atoms with Gasteiger partial charge in [-0.3, -0.25) is 9.59 Å². The molecule has 0 fully saturated rings. The molecule has 0 saturated heterocycles. The van der Waals surface area contributed by atoms with Crippen molar-refractivity contribution in [3.8, 4) is 5.75 Å². The average molecular weight is 362 g/mol. The van der Waals surface area contributed by atoms with E-state index in [2.05, 4.69) is 5.32 Å². The van der Waals surface area contributed by atoms with E-state index in [4.69, 9.17) is 4.74 Å². The summed E-state index contributed by atoms with van der Waals surface area (Å²) in [4.78, 5) is 25.3. The lowest BCUT2D eigenvalue weighted by atomic mass is 10.2. The predicted octanol–water partition coefficient (Wildman–Crippen LogP) is 2.62. The number of rotatable bonds is 8. The molecule has 138 valence electrons. The van der Waals surface area contributed by atoms with Gasteiger partial charge in [0, 0.05) is 19.7 Å². The Kier molecular flexibility index (Phi) is 7.08. The first kappa shape index (κ1) is 19.4. The number of nitrogens with zero attached hydrogens (tertiary/aromatic N) is 1. The van der Waals surface area contributed by atoms with Crippen LogP contribution in [-0.2, 0) is 4.79 Å². The zero-order valence-electron chi connectivity index (χ0n) is 14.4. The Hall–Kier alpha value is -2.96. The molecule has 0 unspecified atom stereocenters. The number of hydrogen-bond acceptors (Lipinski definition) is 3. The first-order chi connectivity index (χ1) is 12.5. The summed E-state index contributed by atoms with van der Waals surface area (Å²) in [5, 5.41) is 2.33. The molecule has 0 bridgehead atoms. The third-order valence-corrected chi connectivity index (χ3v) is 3.65. The Bertz CT molecular complexity index is 754. The molecule has 0 heterocycles. The van der Waals surface area contributed by atoms with Gasteiger partial charge in [0.05, 0.1) is 18.7 Å². The molecule has 0 radical (unpaired) electrons. The van der Waals surface area contributed by atoms with Crippen molar-refractivity contribution < 1.29 is 23.1 Å². The van der Waals surface area contributed by atoms with Crippen LogP contribution < -0.4 is 10.1 Å². The predicted molar refractivity (Wildman–Crippen MR) is 92.9 cm³/mol. The summed E-state index contributed by atoms with van der Waals surface area (Å²) in [6.07, 6.45) is 0.623. The van der Waals surface area contributed by atoms with Crippen molar-refractivity contribution in [1.29, 1.82) is 0 Å². The quantitative estimate of drug-likeness (QED) is 0.735. The zero-order chi connectivity index (χ0) is 18.9. The minimum atomic E-state index is -0.971. The van der Waals surface area contributed by atoms with E-state index in [-0.39, 0.29) is 18.0 Å². The smallest absolute Gasteiger partial charge is 0.254 e. The molecule has 1 N–H and O–H groups in total. The second-order valence-corrected chi connectivity index (χ2v) is 5.64. The summed E-state index contributed by atoms with van der Waals surface area (Å²) in [6, 6.07) is 12.0. The van der Waals surface area contributed by atoms with Crippen LogP contribution in [-0.4, -0.2) is 43.5 Å². The fraction of sp³-hybridized carbons (Fsp3) is 0.263. The normalized spacial score (nSPS) is 10.3. The van der Waals surface area contributed by atoms with Crippen LogP contribution >= 0.6 is 0 Å². The lowest BCUT2D eigenvalue weighted by Crippen LogP contribution is -2.39. The summed E-state index contributed by atoms with van der Waals surface area (Å²) in [6.45, 7) is 0.632. The van der Waals surface area contributed by atoms with Gasteiger partial charge >= 0.3 is 0 Å². The van der Waals surface area contributed by atoms with Gasteiger partial charge < -0.3 is 15.0 Å². The molecular formula is C19H20F2N2O3. The average Bonchev–Trinajstić information content (AvgIpc) is 2.63. The largest absolute Gasteiger partial charge is 0.494 e. The number of amides is 2. The van der Waals surface area contributed by atoms with Gasteiger partial charge in [-0.1, -0.05) is 18.2 Å². The highest BCUT2D eigenvalue weighted by Gasteiger charge is 2.15. The molecule has 5 nitrogen and oxygen atoms in total. The Morgan fingerprint density at radius 2 is 1.85 bits per heavy atom. The van der Waals surface area contributed by atoms with Crippen molar-refractivity contribution in [2.24, 2.45) is 0 Å². The van der Waals surface area contributed by atoms with Crippen molar-refractivity contribution in [3.63, 3.8) is 0 Å². The fourth-order valence-corrected chi connectivity index (χ4v) is 2.19. The van der Waals surface area contributed by atoms with E-state index >= 15 is 0 Å². The summed E-state index contributed by atoms with van der Waals surface area (Å²) in [5.41, 5.74) is -0.307. The first-order valence-electron chi connectivity index (χ1n) is 8.12. The van der Waals surface area contributed by atoms with Crippen molar-refractivity contribution in [1.82, 2.24) is 10.2 Å². The van der Waals surface area contributed by atoms with Gasteiger partial charge in [0.15, 0.2) is 0 Å². The van der Waals surface area contributed by atoms with Crippen LogP contribution in [0.1, 0.15) is 16.8 Å². The minimum Gasteiger partial charge on any atom is -0.494 e. The highest BCUT2D eigenvalue weighted by atomic mass is 19.1. The highest BCUT2D eigenvalue weighted by molar-refractivity contribution is 5.96. The van der Waals surface area contributed by atoms with Crippen molar-refractivity contribution >= 4 is 11.8 Å². The van der Waals surface area contributed by atoms with Crippen LogP contribution in [0.3, 0.4) is 0 Å². The minimum absolute atomic E-state index is 0.272. The Morgan fingerprint density at radius 1 is 1.12 bits per heavy atom. The number of likely N-dealkylation sites (N-methyl/N-ethyl adjacent to an activating group) is 1. The van der Waals surface area contributed by atoms with Crippen molar-refractivity contribution in [3.05, 3.63) is 65.7 Å². The first-order valence-corrected chi connectivity index (χ1v) is 8.12. The number of nitrogens with one attached hydrogen (secondary N) is 1. The maximum Gasteiger partial charge on any atom is 0.254 e. The van der Waals surface area contributed by atoms with Gasteiger partial charge in [-0.25, -0.2) is 8.78 Å². The van der Waals surface area contributed by atoms with E-state index in [1.54, 1.807) is 7.05 Å². The Balaban J connectivity index is 1.70. The standard InChI is InChI=1S/C19H20F2N2O3/c1-23(10-5-11-26-15-6-3-2-4-7-15)18(24)13-22-19(25)16-9-8-14(20)12-17(16)21/h2-4,6-9,12H,5,10-11,13H2,1H3,(H,22,25). The van der Waals surface area contributed by atoms with E-state index in [1.807, 2.05) is 30.3 Å². The fourth-order valence-electron chi connectivity index (χ4n) is 2.19. The third kappa shape index (κ3) is 5.84. The molecule has 2 amide bonds. The van der Waals surface area contributed by atoms with Crippen LogP contribution in [0.5, 0.6) is 5.75 Å². The molecule has 0 spiro atoms. The van der Waals surface area contributed by atoms with Crippen LogP contribution in [0.2, 0.25) is 0 Å². The molecule has 0 aliphatic carbocycles. The van der Waals surface area contributed by atoms with Crippen LogP contribution in [0, 0.1) is 11.6 Å². The molecule has 7 heteroatoms. The van der Waals surface area contributed by atoms with Gasteiger partial charge in [0.1, 0.15) is 17.4 Å². The molecule has 26 heavy (non-hydrogen) atoms. The number of halogens is 2. The Morgan fingerprint density at radius 3 is 2.54 bits per heavy atom. The molecule has 0 aliphatic heterocycles. The zero-order valence-corrected chi connectivity index (χ0v) is 14.4. The number of para-hydroxylation sites is 1. The maximum atomic E-state index is 13.5. The topological polar surface area (TPSA) is 58.6 Å². The number of benzene rings is 2. The lowest BCUT2D eigenvalue weighted by molar-refractivity contribution is -0.128. The van der Waals surface area contributed by atoms with Crippen molar-refractivity contribution in [2.45, 2.75) is 6.42 Å². The molecule has 0 aliphatic rings. The third-order valence-electron chi connectivity index (χ3n) is 3.65. The number of hydrogen-bond donors (Lipinski definition) is 1. The number of ether oxygens (including phenoxy) is 1. The van der Waals surface area contributed by atoms with Crippen LogP contribution in [0.15, 0.2) is 48.5 Å². The number of carbonyl (C=O) groups is 2. The van der Waals surface area contributed by atoms with Gasteiger partial charge in [-0.15, -0.1) is 0 Å². The van der Waals surface area contributed by atoms with Gasteiger partial charge in [-0.2, -0.15) is 0 Å². The second kappa shape index (κ2) is 9.50. The maximum absolute atomic E-state index is 13.5. The SMILES string of the molecule is CN(CCCOc1ccccc1)C(=O)CNC(=O)c1ccc(F)cc1F. The molecule has 2 rings (SSSR count). The van der Waals surface area contributed by atoms with E-state index in [0.717, 1.165) is 17.9 Å². The molecule has 0 aromatic heterocycles. The lowest BCUT2D eigenvalue weighted by Gasteiger charge is -2.17. The van der Waals surface area contributed by atoms with E-state index in [0.29, 0.717) is 25.6 Å². The second-order valence-electron chi connectivity index (χ2n) is 5.64. The van der Waals surface area contributed by atoms with Crippen LogP contribution in [0.4, 0.5) is 8.78 Å². The Labute approximate surface area is 150 Å². The molecular weight excluding hydrogens is 342 g/mol. The molecule has 2 aromatic rings. The number of carbonyl (C=O) groups excluding carboxylic acids is 2. The van der Waals surface area contributed by atoms with Gasteiger partial charge in [-0.05, 0) is 30.7 Å². The summed E-state index contributed by atoms with van der Waals surface area (Å²) >= 11 is 0. The highest BCUT2D eigenvalue weighted by Crippen LogP contribution is 2.10. The van der Waals surface area contributed by atoms with E-state index in [1.165, 1.54) is 4.90 Å². The molecule has 0 saturated carbocycles. The summed E-state index contributed by atoms with van der Waals surface area (Å²) in [7, 11) is 1.61. The van der Waals surface area contributed by atoms with E-state index in [9.17, 15) is 18.4 Å². The molecule has 2 aromatic carbocycles. The summed E-state index contributed by atoms with van der Waals surface area (Å²) < 4.78 is 31.9. The van der Waals surface area contributed by atoms with Gasteiger partial charge in [0.25, 0.3) is 5.91 Å². The van der Waals surface area contributed by atoms with Crippen molar-refractivity contribution in [2.75, 3.05) is 26.7 Å². The van der Waals surface area contributed by atoms with Gasteiger partial charge in [0.2, 0.25) is 5.91 Å². The van der Waals surface area contributed by atoms with E-state index < -0.39 is 17.5 Å². The van der Waals surface area contributed by atoms with Crippen LogP contribution in [0.25, 0.3) is 0 Å². The summed E-state index contributed by atoms with van der Waals surface area (Å²) in [5.74, 6) is -2.07. The molecule has 0 atom stereocenters.